The molecule has 12 rings (SSSR count). The zero-order valence-electron chi connectivity index (χ0n) is 34.5. The fraction of sp³-hybridized carbons (Fsp3) is 0.0556. The van der Waals surface area contributed by atoms with Gasteiger partial charge in [-0.15, -0.1) is 63.7 Å². The molecule has 0 bridgehead atoms. The predicted octanol–water partition coefficient (Wildman–Crippen LogP) is 11.7. The van der Waals surface area contributed by atoms with Gasteiger partial charge in [-0.2, -0.15) is 82.9 Å². The maximum absolute atomic E-state index is 4.15. The number of nitrogens with zero attached hydrogens (tertiary/aromatic N) is 3. The first-order chi connectivity index (χ1) is 28.2. The molecule has 63 heavy (non-hydrogen) atoms. The normalized spacial score (nSPS) is 10.9. The Kier molecular flexibility index (Phi) is 22.9. The number of hydrogen-bond donors (Lipinski definition) is 0. The molecule has 288 valence electrons. The molecule has 9 heteroatoms. The van der Waals surface area contributed by atoms with E-state index in [1.54, 1.807) is 24.8 Å². The van der Waals surface area contributed by atoms with Crippen molar-refractivity contribution in [1.82, 2.24) is 15.0 Å². The van der Waals surface area contributed by atoms with Crippen LogP contribution >= 0.6 is 0 Å². The molecule has 0 spiro atoms. The fourth-order valence-corrected chi connectivity index (χ4v) is 8.01. The van der Waals surface area contributed by atoms with E-state index in [4.69, 9.17) is 0 Å². The van der Waals surface area contributed by atoms with Crippen LogP contribution in [0.3, 0.4) is 0 Å². The molecule has 6 radical (unpaired) electrons. The van der Waals surface area contributed by atoms with E-state index in [1.165, 1.54) is 66.8 Å². The van der Waals surface area contributed by atoms with Crippen molar-refractivity contribution in [3.8, 4) is 66.8 Å². The van der Waals surface area contributed by atoms with Gasteiger partial charge in [0.15, 0.2) is 0 Å². The van der Waals surface area contributed by atoms with Crippen molar-refractivity contribution in [1.29, 1.82) is 0 Å². The quantitative estimate of drug-likeness (QED) is 0.166. The number of hydrogen-bond acceptors (Lipinski definition) is 3. The van der Waals surface area contributed by atoms with Crippen LogP contribution < -0.4 is 0 Å². The van der Waals surface area contributed by atoms with E-state index in [2.05, 4.69) is 161 Å². The Morgan fingerprint density at radius 1 is 0.349 bits per heavy atom. The van der Waals surface area contributed by atoms with Gasteiger partial charge in [0.25, 0.3) is 0 Å². The van der Waals surface area contributed by atoms with Gasteiger partial charge in [-0.05, 0) is 31.7 Å². The molecule has 0 saturated heterocycles. The summed E-state index contributed by atoms with van der Waals surface area (Å²) in [5.41, 5.74) is 22.1. The van der Waals surface area contributed by atoms with E-state index in [1.807, 2.05) is 30.5 Å². The van der Waals surface area contributed by atoms with Crippen LogP contribution in [0.15, 0.2) is 164 Å². The van der Waals surface area contributed by atoms with Crippen molar-refractivity contribution in [2.45, 2.75) is 19.3 Å². The largest absolute Gasteiger partial charge is 0.369 e. The van der Waals surface area contributed by atoms with Gasteiger partial charge in [0.05, 0.1) is 0 Å². The molecule has 3 aliphatic carbocycles. The van der Waals surface area contributed by atoms with E-state index in [0.29, 0.717) is 0 Å². The second kappa shape index (κ2) is 26.2. The standard InChI is InChI=1S/3C18H11N.6Y/c2*1-2-6-17-14(4-1)10-15-8-7-13(11-18(15)17)16-5-3-9-19-12-16;1-2-4-17-15(3-1)11-16-6-5-14(12-18(16)17)13-7-9-19-10-8-13;;;;;;/h1-4,6-9,12H,10H2;1-9H,10H2;1-7,9-10H,11H2;;;;;;/q3*-2;;;;;;. The van der Waals surface area contributed by atoms with Crippen LogP contribution in [0.4, 0.5) is 0 Å². The molecule has 0 unspecified atom stereocenters. The van der Waals surface area contributed by atoms with Gasteiger partial charge in [-0.3, -0.25) is 4.98 Å². The molecule has 0 atom stereocenters. The van der Waals surface area contributed by atoms with Crippen LogP contribution in [0.2, 0.25) is 0 Å². The van der Waals surface area contributed by atoms with Crippen molar-refractivity contribution < 1.29 is 196 Å². The smallest absolute Gasteiger partial charge is 0 e. The molecule has 0 fully saturated rings. The van der Waals surface area contributed by atoms with E-state index < -0.39 is 0 Å². The Bertz CT molecular complexity index is 2580. The topological polar surface area (TPSA) is 38.7 Å². The van der Waals surface area contributed by atoms with Gasteiger partial charge in [-0.1, -0.05) is 131 Å². The molecule has 6 aromatic carbocycles. The summed E-state index contributed by atoms with van der Waals surface area (Å²) < 4.78 is 0. The second-order valence-corrected chi connectivity index (χ2v) is 14.3. The Morgan fingerprint density at radius 3 is 1.25 bits per heavy atom. The predicted molar refractivity (Wildman–Crippen MR) is 227 cm³/mol. The molecule has 0 amide bonds. The van der Waals surface area contributed by atoms with E-state index in [0.717, 1.165) is 52.6 Å². The Hall–Kier alpha value is -0.607. The average Bonchev–Trinajstić information content (AvgIpc) is 3.98. The van der Waals surface area contributed by atoms with Gasteiger partial charge >= 0.3 is 0 Å². The van der Waals surface area contributed by atoms with Gasteiger partial charge < -0.3 is 9.97 Å². The molecule has 0 saturated carbocycles. The van der Waals surface area contributed by atoms with Crippen LogP contribution in [0.1, 0.15) is 33.4 Å². The van der Waals surface area contributed by atoms with E-state index in [9.17, 15) is 0 Å². The first-order valence-electron chi connectivity index (χ1n) is 19.1. The summed E-state index contributed by atoms with van der Waals surface area (Å²) >= 11 is 0. The number of benzene rings is 6. The minimum atomic E-state index is 0. The molecule has 3 aromatic heterocycles. The van der Waals surface area contributed by atoms with Crippen molar-refractivity contribution in [2.24, 2.45) is 0 Å². The number of pyridine rings is 3. The number of rotatable bonds is 3. The first kappa shape index (κ1) is 55.0. The van der Waals surface area contributed by atoms with E-state index in [-0.39, 0.29) is 196 Å². The van der Waals surface area contributed by atoms with Gasteiger partial charge in [0.2, 0.25) is 0 Å². The minimum Gasteiger partial charge on any atom is -0.369 e. The third-order valence-corrected chi connectivity index (χ3v) is 10.8. The summed E-state index contributed by atoms with van der Waals surface area (Å²) in [6.45, 7) is 0. The molecular formula is C54H33N3Y6-6. The fourth-order valence-electron chi connectivity index (χ4n) is 8.01. The average molecular weight is 1260 g/mol. The van der Waals surface area contributed by atoms with Crippen LogP contribution in [0.25, 0.3) is 66.8 Å². The first-order valence-corrected chi connectivity index (χ1v) is 19.1. The van der Waals surface area contributed by atoms with E-state index >= 15 is 0 Å². The summed E-state index contributed by atoms with van der Waals surface area (Å²) in [4.78, 5) is 12.2. The second-order valence-electron chi connectivity index (χ2n) is 14.3. The Balaban J connectivity index is 0.000000198. The van der Waals surface area contributed by atoms with Crippen molar-refractivity contribution in [2.75, 3.05) is 0 Å². The third kappa shape index (κ3) is 12.5. The SMILES string of the molecule is [Y].[Y].[Y].[Y].[Y].[Y].[c-]1ccncc1-c1[c-]c2c(cc1)Cc1ccccc1-2.[c-]1cnccc1-c1[c-]c2c(cc1)Cc1ccccc1-2.[c-]1ncccc1-c1[c-]c2c(cc1)Cc1ccccc1-2. The molecular weight excluding hydrogens is 1220 g/mol. The Morgan fingerprint density at radius 2 is 0.825 bits per heavy atom. The maximum atomic E-state index is 4.15. The zero-order chi connectivity index (χ0) is 38.0. The van der Waals surface area contributed by atoms with Gasteiger partial charge in [0.1, 0.15) is 0 Å². The summed E-state index contributed by atoms with van der Waals surface area (Å²) in [6.07, 6.45) is 14.9. The molecule has 3 heterocycles. The molecule has 3 aliphatic rings. The number of fused-ring (bicyclic) bond motifs is 9. The monoisotopic (exact) mass is 1260 g/mol. The number of aromatic nitrogens is 3. The van der Waals surface area contributed by atoms with Crippen LogP contribution in [-0.4, -0.2) is 15.0 Å². The third-order valence-electron chi connectivity index (χ3n) is 10.8. The summed E-state index contributed by atoms with van der Waals surface area (Å²) in [5, 5.41) is 0. The van der Waals surface area contributed by atoms with Crippen molar-refractivity contribution in [3.63, 3.8) is 0 Å². The van der Waals surface area contributed by atoms with Gasteiger partial charge in [-0.25, -0.2) is 11.1 Å². The molecule has 0 aliphatic heterocycles. The van der Waals surface area contributed by atoms with Crippen LogP contribution in [0, 0.1) is 36.5 Å². The van der Waals surface area contributed by atoms with Crippen LogP contribution in [-0.2, 0) is 216 Å². The minimum absolute atomic E-state index is 0. The molecule has 9 aromatic rings. The molecule has 3 nitrogen and oxygen atoms in total. The summed E-state index contributed by atoms with van der Waals surface area (Å²) in [6, 6.07) is 63.3. The van der Waals surface area contributed by atoms with Crippen LogP contribution in [0.5, 0.6) is 0 Å². The van der Waals surface area contributed by atoms with Crippen molar-refractivity contribution in [3.05, 3.63) is 234 Å². The Labute approximate surface area is 522 Å². The van der Waals surface area contributed by atoms with Crippen molar-refractivity contribution >= 4 is 0 Å². The maximum Gasteiger partial charge on any atom is 0 e. The zero-order valence-corrected chi connectivity index (χ0v) is 51.5. The summed E-state index contributed by atoms with van der Waals surface area (Å²) in [5.74, 6) is 0. The molecule has 0 N–H and O–H groups in total. The summed E-state index contributed by atoms with van der Waals surface area (Å²) in [7, 11) is 0. The van der Waals surface area contributed by atoms with Gasteiger partial charge in [0, 0.05) is 196 Å².